The van der Waals surface area contributed by atoms with Crippen LogP contribution in [0.15, 0.2) is 29.3 Å². The first-order valence-corrected chi connectivity index (χ1v) is 7.11. The van der Waals surface area contributed by atoms with Crippen molar-refractivity contribution in [2.45, 2.75) is 6.92 Å². The first-order chi connectivity index (χ1) is 10.6. The maximum atomic E-state index is 12.1. The standard InChI is InChI=1S/C14H11N3O4S/c1-8(18)21-10-4-3-9(5-11(10)20-2)6-12-13(19)17-14(22-12)15-7-16-17/h3-7H,1-2H3/b12-6+. The molecule has 0 unspecified atom stereocenters. The fourth-order valence-electron chi connectivity index (χ4n) is 1.94. The highest BCUT2D eigenvalue weighted by Crippen LogP contribution is 2.28. The lowest BCUT2D eigenvalue weighted by atomic mass is 10.2. The van der Waals surface area contributed by atoms with Gasteiger partial charge < -0.3 is 9.47 Å². The van der Waals surface area contributed by atoms with E-state index in [-0.39, 0.29) is 5.56 Å². The van der Waals surface area contributed by atoms with Gasteiger partial charge in [-0.25, -0.2) is 4.98 Å². The normalized spacial score (nSPS) is 11.8. The van der Waals surface area contributed by atoms with E-state index in [0.29, 0.717) is 21.0 Å². The second-order valence-electron chi connectivity index (χ2n) is 4.37. The summed E-state index contributed by atoms with van der Waals surface area (Å²) >= 11 is 1.25. The molecule has 0 saturated carbocycles. The highest BCUT2D eigenvalue weighted by molar-refractivity contribution is 7.15. The Morgan fingerprint density at radius 2 is 2.18 bits per heavy atom. The van der Waals surface area contributed by atoms with Crippen LogP contribution in [-0.2, 0) is 4.79 Å². The van der Waals surface area contributed by atoms with Crippen LogP contribution in [0.5, 0.6) is 11.5 Å². The maximum absolute atomic E-state index is 12.1. The molecule has 2 aromatic heterocycles. The van der Waals surface area contributed by atoms with Gasteiger partial charge in [-0.3, -0.25) is 9.59 Å². The Bertz CT molecular complexity index is 960. The number of esters is 1. The summed E-state index contributed by atoms with van der Waals surface area (Å²) in [6, 6.07) is 5.04. The molecule has 0 spiro atoms. The second kappa shape index (κ2) is 5.57. The van der Waals surface area contributed by atoms with Crippen LogP contribution in [0.4, 0.5) is 0 Å². The first-order valence-electron chi connectivity index (χ1n) is 6.29. The van der Waals surface area contributed by atoms with Gasteiger partial charge in [0, 0.05) is 6.92 Å². The van der Waals surface area contributed by atoms with Crippen molar-refractivity contribution in [1.82, 2.24) is 14.6 Å². The van der Waals surface area contributed by atoms with Crippen LogP contribution in [0.25, 0.3) is 11.0 Å². The van der Waals surface area contributed by atoms with Crippen molar-refractivity contribution in [2.75, 3.05) is 7.11 Å². The van der Waals surface area contributed by atoms with Gasteiger partial charge in [0.05, 0.1) is 11.6 Å². The molecule has 112 valence electrons. The number of thiazole rings is 1. The Balaban J connectivity index is 2.07. The summed E-state index contributed by atoms with van der Waals surface area (Å²) in [5.74, 6) is 0.315. The van der Waals surface area contributed by atoms with Crippen molar-refractivity contribution in [3.8, 4) is 11.5 Å². The van der Waals surface area contributed by atoms with Gasteiger partial charge in [0.25, 0.3) is 5.56 Å². The van der Waals surface area contributed by atoms with E-state index in [4.69, 9.17) is 9.47 Å². The van der Waals surface area contributed by atoms with Gasteiger partial charge in [0.15, 0.2) is 11.5 Å². The molecule has 0 saturated heterocycles. The van der Waals surface area contributed by atoms with Gasteiger partial charge in [-0.2, -0.15) is 9.61 Å². The van der Waals surface area contributed by atoms with Crippen LogP contribution in [0.3, 0.4) is 0 Å². The number of hydrogen-bond acceptors (Lipinski definition) is 7. The van der Waals surface area contributed by atoms with Crippen LogP contribution in [-0.4, -0.2) is 27.7 Å². The molecule has 7 nitrogen and oxygen atoms in total. The van der Waals surface area contributed by atoms with Crippen LogP contribution >= 0.6 is 11.3 Å². The van der Waals surface area contributed by atoms with Crippen molar-refractivity contribution >= 4 is 28.3 Å². The Labute approximate surface area is 128 Å². The van der Waals surface area contributed by atoms with Gasteiger partial charge in [-0.1, -0.05) is 17.4 Å². The number of aromatic nitrogens is 3. The van der Waals surface area contributed by atoms with Crippen molar-refractivity contribution < 1.29 is 14.3 Å². The SMILES string of the molecule is COc1cc(/C=c2/sc3ncnn3c2=O)ccc1OC(C)=O. The molecule has 22 heavy (non-hydrogen) atoms. The summed E-state index contributed by atoms with van der Waals surface area (Å²) in [6.07, 6.45) is 3.05. The Kier molecular flexibility index (Phi) is 3.60. The quantitative estimate of drug-likeness (QED) is 0.520. The molecule has 0 aliphatic carbocycles. The van der Waals surface area contributed by atoms with Gasteiger partial charge >= 0.3 is 5.97 Å². The first kappa shape index (κ1) is 14.2. The van der Waals surface area contributed by atoms with E-state index < -0.39 is 5.97 Å². The fraction of sp³-hybridized carbons (Fsp3) is 0.143. The van der Waals surface area contributed by atoms with Crippen molar-refractivity contribution in [3.05, 3.63) is 45.0 Å². The number of carbonyl (C=O) groups excluding carboxylic acids is 1. The molecule has 0 aliphatic rings. The topological polar surface area (TPSA) is 82.8 Å². The molecule has 2 heterocycles. The number of benzene rings is 1. The fourth-order valence-corrected chi connectivity index (χ4v) is 2.82. The summed E-state index contributed by atoms with van der Waals surface area (Å²) in [6.45, 7) is 1.32. The molecule has 0 radical (unpaired) electrons. The smallest absolute Gasteiger partial charge is 0.308 e. The Morgan fingerprint density at radius 1 is 1.36 bits per heavy atom. The van der Waals surface area contributed by atoms with Crippen LogP contribution in [0.1, 0.15) is 12.5 Å². The molecule has 0 fully saturated rings. The summed E-state index contributed by atoms with van der Waals surface area (Å²) < 4.78 is 12.0. The maximum Gasteiger partial charge on any atom is 0.308 e. The number of hydrogen-bond donors (Lipinski definition) is 0. The molecule has 3 aromatic rings. The van der Waals surface area contributed by atoms with Gasteiger partial charge in [-0.05, 0) is 23.8 Å². The zero-order valence-corrected chi connectivity index (χ0v) is 12.6. The predicted octanol–water partition coefficient (Wildman–Crippen LogP) is 0.633. The van der Waals surface area contributed by atoms with E-state index in [0.717, 1.165) is 5.56 Å². The van der Waals surface area contributed by atoms with E-state index in [2.05, 4.69) is 10.1 Å². The number of nitrogens with zero attached hydrogens (tertiary/aromatic N) is 3. The number of rotatable bonds is 3. The monoisotopic (exact) mass is 317 g/mol. The van der Waals surface area contributed by atoms with E-state index in [1.807, 2.05) is 0 Å². The van der Waals surface area contributed by atoms with Gasteiger partial charge in [0.1, 0.15) is 6.33 Å². The Morgan fingerprint density at radius 3 is 2.86 bits per heavy atom. The highest BCUT2D eigenvalue weighted by Gasteiger charge is 2.09. The van der Waals surface area contributed by atoms with E-state index in [1.54, 1.807) is 24.3 Å². The average Bonchev–Trinajstić information content (AvgIpc) is 3.04. The third-order valence-electron chi connectivity index (χ3n) is 2.86. The second-order valence-corrected chi connectivity index (χ2v) is 5.38. The minimum absolute atomic E-state index is 0.222. The highest BCUT2D eigenvalue weighted by atomic mass is 32.1. The molecule has 0 atom stereocenters. The minimum Gasteiger partial charge on any atom is -0.493 e. The molecule has 1 aromatic carbocycles. The summed E-state index contributed by atoms with van der Waals surface area (Å²) in [4.78, 5) is 27.7. The zero-order valence-electron chi connectivity index (χ0n) is 11.8. The molecule has 0 amide bonds. The lowest BCUT2D eigenvalue weighted by Crippen LogP contribution is -2.23. The average molecular weight is 317 g/mol. The number of methoxy groups -OCH3 is 1. The van der Waals surface area contributed by atoms with E-state index in [1.165, 1.54) is 36.2 Å². The van der Waals surface area contributed by atoms with Crippen LogP contribution < -0.4 is 19.6 Å². The van der Waals surface area contributed by atoms with Crippen molar-refractivity contribution in [2.24, 2.45) is 0 Å². The van der Waals surface area contributed by atoms with Crippen LogP contribution in [0, 0.1) is 0 Å². The van der Waals surface area contributed by atoms with E-state index >= 15 is 0 Å². The Hall–Kier alpha value is -2.74. The van der Waals surface area contributed by atoms with Crippen LogP contribution in [0.2, 0.25) is 0 Å². The predicted molar refractivity (Wildman–Crippen MR) is 80.2 cm³/mol. The lowest BCUT2D eigenvalue weighted by Gasteiger charge is -2.08. The minimum atomic E-state index is -0.428. The summed E-state index contributed by atoms with van der Waals surface area (Å²) in [5.41, 5.74) is 0.523. The molecule has 0 N–H and O–H groups in total. The molecule has 0 aliphatic heterocycles. The largest absolute Gasteiger partial charge is 0.493 e. The summed E-state index contributed by atoms with van der Waals surface area (Å²) in [7, 11) is 1.48. The molecule has 0 bridgehead atoms. The zero-order chi connectivity index (χ0) is 15.7. The lowest BCUT2D eigenvalue weighted by molar-refractivity contribution is -0.132. The van der Waals surface area contributed by atoms with Gasteiger partial charge in [-0.15, -0.1) is 0 Å². The van der Waals surface area contributed by atoms with Crippen molar-refractivity contribution in [1.29, 1.82) is 0 Å². The van der Waals surface area contributed by atoms with E-state index in [9.17, 15) is 9.59 Å². The summed E-state index contributed by atoms with van der Waals surface area (Å²) in [5, 5.41) is 3.86. The number of fused-ring (bicyclic) bond motifs is 1. The molecule has 3 rings (SSSR count). The van der Waals surface area contributed by atoms with Gasteiger partial charge in [0.2, 0.25) is 4.96 Å². The number of carbonyl (C=O) groups is 1. The molecular weight excluding hydrogens is 306 g/mol. The number of ether oxygens (including phenoxy) is 2. The van der Waals surface area contributed by atoms with Crippen molar-refractivity contribution in [3.63, 3.8) is 0 Å². The molecular formula is C14H11N3O4S. The third kappa shape index (κ3) is 2.56. The molecule has 8 heteroatoms. The third-order valence-corrected chi connectivity index (χ3v) is 3.83.